The van der Waals surface area contributed by atoms with Crippen LogP contribution in [0.4, 0.5) is 13.2 Å². The van der Waals surface area contributed by atoms with Crippen LogP contribution < -0.4 is 0 Å². The van der Waals surface area contributed by atoms with Gasteiger partial charge in [0.05, 0.1) is 15.4 Å². The van der Waals surface area contributed by atoms with Gasteiger partial charge in [0.2, 0.25) is 0 Å². The van der Waals surface area contributed by atoms with Crippen LogP contribution in [0.3, 0.4) is 0 Å². The third kappa shape index (κ3) is 3.07. The first kappa shape index (κ1) is 15.5. The van der Waals surface area contributed by atoms with Crippen LogP contribution in [0.2, 0.25) is 0 Å². The van der Waals surface area contributed by atoms with E-state index in [1.807, 2.05) is 13.8 Å². The first-order chi connectivity index (χ1) is 9.71. The fourth-order valence-corrected chi connectivity index (χ4v) is 2.94. The van der Waals surface area contributed by atoms with E-state index < -0.39 is 17.7 Å². The second kappa shape index (κ2) is 5.48. The molecule has 0 aliphatic rings. The normalized spacial score (nSPS) is 11.9. The van der Waals surface area contributed by atoms with E-state index in [9.17, 15) is 23.1 Å². The van der Waals surface area contributed by atoms with Crippen LogP contribution in [-0.2, 0) is 6.18 Å². The largest absolute Gasteiger partial charge is 0.476 e. The molecule has 0 aliphatic carbocycles. The van der Waals surface area contributed by atoms with Gasteiger partial charge in [-0.1, -0.05) is 32.0 Å². The highest BCUT2D eigenvalue weighted by atomic mass is 32.1. The van der Waals surface area contributed by atoms with Gasteiger partial charge in [0, 0.05) is 11.5 Å². The maximum atomic E-state index is 13.1. The molecule has 2 rings (SSSR count). The number of halogens is 3. The van der Waals surface area contributed by atoms with Gasteiger partial charge in [-0.05, 0) is 6.07 Å². The lowest BCUT2D eigenvalue weighted by molar-refractivity contribution is -0.137. The van der Waals surface area contributed by atoms with Crippen LogP contribution in [0, 0.1) is 0 Å². The minimum Gasteiger partial charge on any atom is -0.476 e. The van der Waals surface area contributed by atoms with Crippen molar-refractivity contribution >= 4 is 17.3 Å². The quantitative estimate of drug-likeness (QED) is 0.897. The van der Waals surface area contributed by atoms with Crippen molar-refractivity contribution in [2.24, 2.45) is 0 Å². The van der Waals surface area contributed by atoms with Crippen molar-refractivity contribution in [1.29, 1.82) is 0 Å². The summed E-state index contributed by atoms with van der Waals surface area (Å²) in [7, 11) is 0. The Morgan fingerprint density at radius 3 is 2.43 bits per heavy atom. The molecule has 1 heterocycles. The standard InChI is InChI=1S/C14H12F3NO2S/c1-7(2)12-18-10(13(19)20)11(21-12)8-5-3-4-6-9(8)14(15,16)17/h3-7H,1-2H3,(H,19,20). The zero-order valence-corrected chi connectivity index (χ0v) is 12.0. The van der Waals surface area contributed by atoms with Crippen molar-refractivity contribution in [2.75, 3.05) is 0 Å². The Labute approximate surface area is 123 Å². The number of hydrogen-bond donors (Lipinski definition) is 1. The van der Waals surface area contributed by atoms with E-state index in [0.717, 1.165) is 17.4 Å². The van der Waals surface area contributed by atoms with Gasteiger partial charge in [-0.2, -0.15) is 13.2 Å². The van der Waals surface area contributed by atoms with Gasteiger partial charge in [0.1, 0.15) is 0 Å². The molecule has 21 heavy (non-hydrogen) atoms. The number of thiazole rings is 1. The van der Waals surface area contributed by atoms with Crippen molar-refractivity contribution in [3.05, 3.63) is 40.5 Å². The van der Waals surface area contributed by atoms with Crippen molar-refractivity contribution < 1.29 is 23.1 Å². The second-order valence-corrected chi connectivity index (χ2v) is 5.76. The Morgan fingerprint density at radius 1 is 1.29 bits per heavy atom. The fourth-order valence-electron chi connectivity index (χ4n) is 1.84. The van der Waals surface area contributed by atoms with Crippen molar-refractivity contribution in [3.8, 4) is 10.4 Å². The second-order valence-electron chi connectivity index (χ2n) is 4.73. The number of alkyl halides is 3. The topological polar surface area (TPSA) is 50.2 Å². The Balaban J connectivity index is 2.70. The summed E-state index contributed by atoms with van der Waals surface area (Å²) < 4.78 is 39.2. The number of carboxylic acids is 1. The molecule has 0 saturated heterocycles. The average molecular weight is 315 g/mol. The molecule has 0 unspecified atom stereocenters. The van der Waals surface area contributed by atoms with Crippen molar-refractivity contribution in [3.63, 3.8) is 0 Å². The zero-order valence-electron chi connectivity index (χ0n) is 11.2. The van der Waals surface area contributed by atoms with Gasteiger partial charge in [0.15, 0.2) is 5.69 Å². The fraction of sp³-hybridized carbons (Fsp3) is 0.286. The number of hydrogen-bond acceptors (Lipinski definition) is 3. The van der Waals surface area contributed by atoms with E-state index >= 15 is 0 Å². The average Bonchev–Trinajstić information content (AvgIpc) is 2.83. The van der Waals surface area contributed by atoms with Gasteiger partial charge in [0.25, 0.3) is 0 Å². The highest BCUT2D eigenvalue weighted by Gasteiger charge is 2.35. The summed E-state index contributed by atoms with van der Waals surface area (Å²) in [6.07, 6.45) is -4.55. The maximum absolute atomic E-state index is 13.1. The first-order valence-electron chi connectivity index (χ1n) is 6.12. The van der Waals surface area contributed by atoms with Gasteiger partial charge in [-0.3, -0.25) is 0 Å². The molecule has 112 valence electrons. The van der Waals surface area contributed by atoms with Crippen LogP contribution in [0.5, 0.6) is 0 Å². The molecule has 0 radical (unpaired) electrons. The molecule has 3 nitrogen and oxygen atoms in total. The summed E-state index contributed by atoms with van der Waals surface area (Å²) in [5, 5.41) is 9.68. The summed E-state index contributed by atoms with van der Waals surface area (Å²) in [5.74, 6) is -1.38. The van der Waals surface area contributed by atoms with E-state index in [0.29, 0.717) is 5.01 Å². The summed E-state index contributed by atoms with van der Waals surface area (Å²) >= 11 is 0.987. The van der Waals surface area contributed by atoms with Crippen LogP contribution >= 0.6 is 11.3 Å². The lowest BCUT2D eigenvalue weighted by Crippen LogP contribution is -2.08. The Morgan fingerprint density at radius 2 is 1.90 bits per heavy atom. The molecular weight excluding hydrogens is 303 g/mol. The number of aromatic carboxylic acids is 1. The first-order valence-corrected chi connectivity index (χ1v) is 6.94. The SMILES string of the molecule is CC(C)c1nc(C(=O)O)c(-c2ccccc2C(F)(F)F)s1. The predicted octanol–water partition coefficient (Wildman–Crippen LogP) is 4.65. The minimum absolute atomic E-state index is 0.0409. The number of aromatic nitrogens is 1. The van der Waals surface area contributed by atoms with Crippen LogP contribution in [0.25, 0.3) is 10.4 Å². The van der Waals surface area contributed by atoms with Gasteiger partial charge in [-0.25, -0.2) is 9.78 Å². The molecule has 0 aliphatic heterocycles. The highest BCUT2D eigenvalue weighted by Crippen LogP contribution is 2.41. The zero-order chi connectivity index (χ0) is 15.8. The maximum Gasteiger partial charge on any atom is 0.417 e. The number of carboxylic acid groups (broad SMARTS) is 1. The Kier molecular flexibility index (Phi) is 4.04. The lowest BCUT2D eigenvalue weighted by Gasteiger charge is -2.11. The smallest absolute Gasteiger partial charge is 0.417 e. The number of benzene rings is 1. The molecule has 0 saturated carbocycles. The van der Waals surface area contributed by atoms with Crippen molar-refractivity contribution in [1.82, 2.24) is 4.98 Å². The Bertz CT molecular complexity index is 677. The van der Waals surface area contributed by atoms with Crippen LogP contribution in [-0.4, -0.2) is 16.1 Å². The molecule has 1 aromatic carbocycles. The summed E-state index contributed by atoms with van der Waals surface area (Å²) in [4.78, 5) is 15.3. The van der Waals surface area contributed by atoms with E-state index in [1.165, 1.54) is 18.2 Å². The molecule has 0 spiro atoms. The molecule has 0 fully saturated rings. The van der Waals surface area contributed by atoms with Crippen LogP contribution in [0.15, 0.2) is 24.3 Å². The summed E-state index contributed by atoms with van der Waals surface area (Å²) in [6.45, 7) is 3.62. The van der Waals surface area contributed by atoms with Crippen molar-refractivity contribution in [2.45, 2.75) is 25.9 Å². The van der Waals surface area contributed by atoms with E-state index in [1.54, 1.807) is 0 Å². The van der Waals surface area contributed by atoms with E-state index in [4.69, 9.17) is 0 Å². The van der Waals surface area contributed by atoms with Gasteiger partial charge in [-0.15, -0.1) is 11.3 Å². The monoisotopic (exact) mass is 315 g/mol. The van der Waals surface area contributed by atoms with E-state index in [2.05, 4.69) is 4.98 Å². The molecule has 1 aromatic heterocycles. The molecule has 0 bridgehead atoms. The Hall–Kier alpha value is -1.89. The van der Waals surface area contributed by atoms with Gasteiger partial charge >= 0.3 is 12.1 Å². The molecule has 1 N–H and O–H groups in total. The van der Waals surface area contributed by atoms with E-state index in [-0.39, 0.29) is 22.1 Å². The number of carbonyl (C=O) groups is 1. The highest BCUT2D eigenvalue weighted by molar-refractivity contribution is 7.15. The molecule has 2 aromatic rings. The molecular formula is C14H12F3NO2S. The molecule has 7 heteroatoms. The number of rotatable bonds is 3. The number of nitrogens with zero attached hydrogens (tertiary/aromatic N) is 1. The third-order valence-electron chi connectivity index (χ3n) is 2.82. The lowest BCUT2D eigenvalue weighted by atomic mass is 10.0. The summed E-state index contributed by atoms with van der Waals surface area (Å²) in [5.41, 5.74) is -1.33. The summed E-state index contributed by atoms with van der Waals surface area (Å²) in [6, 6.07) is 4.94. The van der Waals surface area contributed by atoms with Gasteiger partial charge < -0.3 is 5.11 Å². The third-order valence-corrected chi connectivity index (χ3v) is 4.21. The minimum atomic E-state index is -4.55. The molecule has 0 amide bonds. The van der Waals surface area contributed by atoms with Crippen LogP contribution in [0.1, 0.15) is 40.8 Å². The predicted molar refractivity (Wildman–Crippen MR) is 73.6 cm³/mol. The molecule has 0 atom stereocenters.